The third kappa shape index (κ3) is 7.04. The molecular weight excluding hydrogens is 462 g/mol. The maximum Gasteiger partial charge on any atom is 0.336 e. The van der Waals surface area contributed by atoms with Crippen LogP contribution in [0.1, 0.15) is 46.1 Å². The zero-order chi connectivity index (χ0) is 24.9. The number of dihydropyridines is 1. The van der Waals surface area contributed by atoms with E-state index >= 15 is 0 Å². The van der Waals surface area contributed by atoms with Crippen molar-refractivity contribution >= 4 is 30.0 Å². The molecule has 9 nitrogen and oxygen atoms in total. The molecule has 1 N–H and O–H groups in total. The molecule has 1 heterocycles. The zero-order valence-electron chi connectivity index (χ0n) is 20.8. The molecule has 1 aliphatic heterocycles. The summed E-state index contributed by atoms with van der Waals surface area (Å²) in [6.45, 7) is 10.1. The van der Waals surface area contributed by atoms with Crippen molar-refractivity contribution < 1.29 is 24.0 Å². The van der Waals surface area contributed by atoms with Gasteiger partial charge in [0.2, 0.25) is 0 Å². The SMILES string of the molecule is CCOC(=O)C1=C(C)NC(C)=C(C(=O)OCC(C)(C)CN(C)C)C1c1cccc([N+](=O)[O-])c1.Cl. The molecule has 1 aromatic carbocycles. The fraction of sp³-hybridized carbons (Fsp3) is 0.500. The third-order valence-corrected chi connectivity index (χ3v) is 5.23. The molecule has 1 aromatic rings. The van der Waals surface area contributed by atoms with Crippen molar-refractivity contribution in [1.82, 2.24) is 10.2 Å². The predicted octanol–water partition coefficient (Wildman–Crippen LogP) is 3.95. The van der Waals surface area contributed by atoms with Gasteiger partial charge in [-0.25, -0.2) is 9.59 Å². The first kappa shape index (κ1) is 29.1. The van der Waals surface area contributed by atoms with Crippen LogP contribution in [0.15, 0.2) is 46.8 Å². The number of halogens is 1. The van der Waals surface area contributed by atoms with Crippen molar-refractivity contribution in [3.63, 3.8) is 0 Å². The van der Waals surface area contributed by atoms with E-state index < -0.39 is 22.8 Å². The van der Waals surface area contributed by atoms with Crippen LogP contribution in [-0.2, 0) is 19.1 Å². The molecular formula is C24H34ClN3O6. The number of carbonyl (C=O) groups excluding carboxylic acids is 2. The van der Waals surface area contributed by atoms with Crippen LogP contribution < -0.4 is 5.32 Å². The van der Waals surface area contributed by atoms with Crippen molar-refractivity contribution in [2.75, 3.05) is 33.9 Å². The Kier molecular flexibility index (Phi) is 10.3. The quantitative estimate of drug-likeness (QED) is 0.311. The number of allylic oxidation sites excluding steroid dienone is 2. The number of rotatable bonds is 9. The van der Waals surface area contributed by atoms with E-state index in [2.05, 4.69) is 5.32 Å². The number of hydrogen-bond donors (Lipinski definition) is 1. The fourth-order valence-corrected chi connectivity index (χ4v) is 4.14. The van der Waals surface area contributed by atoms with Gasteiger partial charge in [0.1, 0.15) is 0 Å². The first-order chi connectivity index (χ1) is 15.4. The molecule has 0 saturated carbocycles. The van der Waals surface area contributed by atoms with Gasteiger partial charge in [0, 0.05) is 35.5 Å². The highest BCUT2D eigenvalue weighted by Crippen LogP contribution is 2.40. The summed E-state index contributed by atoms with van der Waals surface area (Å²) in [5, 5.41) is 14.5. The topological polar surface area (TPSA) is 111 Å². The number of nitrogens with zero attached hydrogens (tertiary/aromatic N) is 2. The van der Waals surface area contributed by atoms with Gasteiger partial charge in [-0.2, -0.15) is 0 Å². The van der Waals surface area contributed by atoms with Crippen molar-refractivity contribution in [1.29, 1.82) is 0 Å². The summed E-state index contributed by atoms with van der Waals surface area (Å²) < 4.78 is 10.9. The number of carbonyl (C=O) groups is 2. The summed E-state index contributed by atoms with van der Waals surface area (Å²) in [5.74, 6) is -2.04. The molecule has 0 bridgehead atoms. The van der Waals surface area contributed by atoms with Gasteiger partial charge in [-0.3, -0.25) is 10.1 Å². The summed E-state index contributed by atoms with van der Waals surface area (Å²) in [6, 6.07) is 5.93. The van der Waals surface area contributed by atoms with E-state index in [0.29, 0.717) is 23.5 Å². The van der Waals surface area contributed by atoms with Crippen LogP contribution in [-0.4, -0.2) is 55.6 Å². The molecule has 10 heteroatoms. The van der Waals surface area contributed by atoms with Gasteiger partial charge in [0.15, 0.2) is 0 Å². The average Bonchev–Trinajstić information content (AvgIpc) is 2.70. The van der Waals surface area contributed by atoms with Crippen LogP contribution in [0.4, 0.5) is 5.69 Å². The minimum Gasteiger partial charge on any atom is -0.463 e. The Morgan fingerprint density at radius 1 is 1.12 bits per heavy atom. The Hall–Kier alpha value is -2.91. The Bertz CT molecular complexity index is 1000. The maximum atomic E-state index is 13.3. The molecule has 188 valence electrons. The van der Waals surface area contributed by atoms with Crippen LogP contribution in [0.25, 0.3) is 0 Å². The minimum atomic E-state index is -0.866. The standard InChI is InChI=1S/C24H33N3O6.ClH/c1-8-32-22(28)19-15(2)25-16(3)20(23(29)33-14-24(4,5)13-26(6)7)21(19)17-10-9-11-18(12-17)27(30)31;/h9-12,21,25H,8,13-14H2,1-7H3;1H. The van der Waals surface area contributed by atoms with Crippen molar-refractivity contribution in [3.8, 4) is 0 Å². The minimum absolute atomic E-state index is 0. The Labute approximate surface area is 206 Å². The second kappa shape index (κ2) is 12.0. The lowest BCUT2D eigenvalue weighted by molar-refractivity contribution is -0.384. The number of nitrogens with one attached hydrogen (secondary N) is 1. The van der Waals surface area contributed by atoms with Gasteiger partial charge in [-0.1, -0.05) is 26.0 Å². The van der Waals surface area contributed by atoms with E-state index in [1.165, 1.54) is 18.2 Å². The van der Waals surface area contributed by atoms with E-state index in [1.807, 2.05) is 32.8 Å². The maximum absolute atomic E-state index is 13.3. The average molecular weight is 496 g/mol. The molecule has 0 fully saturated rings. The molecule has 0 amide bonds. The van der Waals surface area contributed by atoms with E-state index in [4.69, 9.17) is 9.47 Å². The van der Waals surface area contributed by atoms with Gasteiger partial charge in [0.25, 0.3) is 5.69 Å². The van der Waals surface area contributed by atoms with Gasteiger partial charge in [0.05, 0.1) is 35.2 Å². The smallest absolute Gasteiger partial charge is 0.336 e. The Balaban J connectivity index is 0.00000578. The highest BCUT2D eigenvalue weighted by atomic mass is 35.5. The van der Waals surface area contributed by atoms with Crippen LogP contribution >= 0.6 is 12.4 Å². The summed E-state index contributed by atoms with van der Waals surface area (Å²) in [6.07, 6.45) is 0. The second-order valence-electron chi connectivity index (χ2n) is 9.19. The van der Waals surface area contributed by atoms with Crippen molar-refractivity contribution in [3.05, 3.63) is 62.5 Å². The number of nitro benzene ring substituents is 1. The van der Waals surface area contributed by atoms with E-state index in [9.17, 15) is 19.7 Å². The highest BCUT2D eigenvalue weighted by Gasteiger charge is 2.39. The molecule has 0 spiro atoms. The van der Waals surface area contributed by atoms with Crippen LogP contribution in [0.3, 0.4) is 0 Å². The van der Waals surface area contributed by atoms with E-state index in [0.717, 1.165) is 0 Å². The Morgan fingerprint density at radius 3 is 2.18 bits per heavy atom. The van der Waals surface area contributed by atoms with Crippen LogP contribution in [0, 0.1) is 15.5 Å². The summed E-state index contributed by atoms with van der Waals surface area (Å²) in [4.78, 5) is 39.1. The predicted molar refractivity (Wildman–Crippen MR) is 132 cm³/mol. The number of non-ortho nitro benzene ring substituents is 1. The van der Waals surface area contributed by atoms with Gasteiger partial charge < -0.3 is 19.7 Å². The molecule has 1 aliphatic rings. The van der Waals surface area contributed by atoms with Gasteiger partial charge >= 0.3 is 11.9 Å². The van der Waals surface area contributed by atoms with Gasteiger partial charge in [-0.05, 0) is 40.4 Å². The van der Waals surface area contributed by atoms with E-state index in [1.54, 1.807) is 26.8 Å². The number of nitro groups is 1. The first-order valence-corrected chi connectivity index (χ1v) is 10.8. The number of ether oxygens (including phenoxy) is 2. The fourth-order valence-electron chi connectivity index (χ4n) is 4.14. The molecule has 1 atom stereocenters. The normalized spacial score (nSPS) is 16.1. The van der Waals surface area contributed by atoms with Crippen molar-refractivity contribution in [2.45, 2.75) is 40.5 Å². The number of esters is 2. The molecule has 0 aliphatic carbocycles. The van der Waals surface area contributed by atoms with Crippen LogP contribution in [0.5, 0.6) is 0 Å². The highest BCUT2D eigenvalue weighted by molar-refractivity contribution is 6.00. The largest absolute Gasteiger partial charge is 0.463 e. The van der Waals surface area contributed by atoms with Gasteiger partial charge in [-0.15, -0.1) is 12.4 Å². The van der Waals surface area contributed by atoms with E-state index in [-0.39, 0.29) is 47.9 Å². The zero-order valence-corrected chi connectivity index (χ0v) is 21.6. The third-order valence-electron chi connectivity index (χ3n) is 5.23. The molecule has 2 rings (SSSR count). The monoisotopic (exact) mass is 495 g/mol. The number of hydrogen-bond acceptors (Lipinski definition) is 8. The molecule has 0 radical (unpaired) electrons. The lowest BCUT2D eigenvalue weighted by Gasteiger charge is -2.32. The molecule has 34 heavy (non-hydrogen) atoms. The molecule has 1 unspecified atom stereocenters. The summed E-state index contributed by atoms with van der Waals surface area (Å²) in [7, 11) is 3.89. The molecule has 0 saturated heterocycles. The van der Waals surface area contributed by atoms with Crippen molar-refractivity contribution in [2.24, 2.45) is 5.41 Å². The van der Waals surface area contributed by atoms with Crippen LogP contribution in [0.2, 0.25) is 0 Å². The summed E-state index contributed by atoms with van der Waals surface area (Å²) in [5.41, 5.74) is 1.50. The molecule has 0 aromatic heterocycles. The summed E-state index contributed by atoms with van der Waals surface area (Å²) >= 11 is 0. The Morgan fingerprint density at radius 2 is 1.68 bits per heavy atom. The lowest BCUT2D eigenvalue weighted by Crippen LogP contribution is -2.36. The lowest BCUT2D eigenvalue weighted by atomic mass is 9.80. The second-order valence-corrected chi connectivity index (χ2v) is 9.19. The number of benzene rings is 1. The first-order valence-electron chi connectivity index (χ1n) is 10.8.